The number of hydrogen-bond acceptors (Lipinski definition) is 3. The minimum absolute atomic E-state index is 0. The third kappa shape index (κ3) is 7.75. The number of furan rings is 1. The second-order valence-corrected chi connectivity index (χ2v) is 7.00. The van der Waals surface area contributed by atoms with Gasteiger partial charge in [-0.2, -0.15) is 0 Å². The SMILES string of the molecule is CCNC(=NCc1ccc(C(N)=O)o1)NCC(Cc1ccccc1)c1ccccc1.I. The highest BCUT2D eigenvalue weighted by Crippen LogP contribution is 2.20. The van der Waals surface area contributed by atoms with Gasteiger partial charge in [0, 0.05) is 19.0 Å². The van der Waals surface area contributed by atoms with Gasteiger partial charge in [0.15, 0.2) is 11.7 Å². The van der Waals surface area contributed by atoms with Crippen LogP contribution in [0.25, 0.3) is 0 Å². The van der Waals surface area contributed by atoms with Gasteiger partial charge < -0.3 is 20.8 Å². The molecule has 4 N–H and O–H groups in total. The molecule has 1 heterocycles. The van der Waals surface area contributed by atoms with Crippen molar-refractivity contribution in [3.8, 4) is 0 Å². The summed E-state index contributed by atoms with van der Waals surface area (Å²) in [6, 6.07) is 24.3. The van der Waals surface area contributed by atoms with E-state index >= 15 is 0 Å². The molecule has 3 aromatic rings. The molecule has 31 heavy (non-hydrogen) atoms. The maximum Gasteiger partial charge on any atom is 0.284 e. The Morgan fingerprint density at radius 1 is 1.00 bits per heavy atom. The van der Waals surface area contributed by atoms with Crippen molar-refractivity contribution in [2.75, 3.05) is 13.1 Å². The number of halogens is 1. The average molecular weight is 532 g/mol. The van der Waals surface area contributed by atoms with Gasteiger partial charge in [-0.15, -0.1) is 24.0 Å². The number of benzene rings is 2. The smallest absolute Gasteiger partial charge is 0.284 e. The topological polar surface area (TPSA) is 92.6 Å². The molecule has 1 aromatic heterocycles. The third-order valence-corrected chi connectivity index (χ3v) is 4.75. The number of carbonyl (C=O) groups is 1. The number of nitrogens with two attached hydrogens (primary N) is 1. The number of carbonyl (C=O) groups excluding carboxylic acids is 1. The summed E-state index contributed by atoms with van der Waals surface area (Å²) in [7, 11) is 0. The summed E-state index contributed by atoms with van der Waals surface area (Å²) in [6.45, 7) is 3.81. The summed E-state index contributed by atoms with van der Waals surface area (Å²) in [5.41, 5.74) is 7.81. The minimum Gasteiger partial charge on any atom is -0.454 e. The molecule has 0 aliphatic carbocycles. The van der Waals surface area contributed by atoms with Crippen molar-refractivity contribution in [3.63, 3.8) is 0 Å². The van der Waals surface area contributed by atoms with E-state index < -0.39 is 5.91 Å². The molecule has 164 valence electrons. The molecule has 0 aliphatic heterocycles. The molecule has 0 saturated heterocycles. The van der Waals surface area contributed by atoms with E-state index in [-0.39, 0.29) is 29.7 Å². The van der Waals surface area contributed by atoms with Crippen LogP contribution in [0.5, 0.6) is 0 Å². The number of guanidine groups is 1. The number of nitrogens with one attached hydrogen (secondary N) is 2. The number of hydrogen-bond donors (Lipinski definition) is 3. The molecule has 0 spiro atoms. The Morgan fingerprint density at radius 3 is 2.29 bits per heavy atom. The molecule has 0 radical (unpaired) electrons. The summed E-state index contributed by atoms with van der Waals surface area (Å²) in [5, 5.41) is 6.70. The van der Waals surface area contributed by atoms with Gasteiger partial charge in [-0.25, -0.2) is 4.99 Å². The maximum absolute atomic E-state index is 11.2. The van der Waals surface area contributed by atoms with Crippen molar-refractivity contribution in [1.29, 1.82) is 0 Å². The summed E-state index contributed by atoms with van der Waals surface area (Å²) in [4.78, 5) is 15.8. The van der Waals surface area contributed by atoms with Crippen molar-refractivity contribution in [2.24, 2.45) is 10.7 Å². The predicted octanol–water partition coefficient (Wildman–Crippen LogP) is 4.08. The van der Waals surface area contributed by atoms with E-state index in [0.29, 0.717) is 24.2 Å². The van der Waals surface area contributed by atoms with Crippen LogP contribution in [0.1, 0.15) is 40.3 Å². The molecular formula is C24H29IN4O2. The van der Waals surface area contributed by atoms with Crippen LogP contribution in [0, 0.1) is 0 Å². The van der Waals surface area contributed by atoms with E-state index in [1.807, 2.05) is 19.1 Å². The van der Waals surface area contributed by atoms with Crippen LogP contribution in [0.15, 0.2) is 82.2 Å². The molecule has 0 aliphatic rings. The van der Waals surface area contributed by atoms with Gasteiger partial charge in [0.05, 0.1) is 0 Å². The molecule has 1 unspecified atom stereocenters. The van der Waals surface area contributed by atoms with Crippen molar-refractivity contribution >= 4 is 35.8 Å². The summed E-state index contributed by atoms with van der Waals surface area (Å²) >= 11 is 0. The first-order chi connectivity index (χ1) is 14.7. The lowest BCUT2D eigenvalue weighted by Gasteiger charge is -2.20. The fourth-order valence-corrected chi connectivity index (χ4v) is 3.25. The van der Waals surface area contributed by atoms with E-state index in [4.69, 9.17) is 10.2 Å². The predicted molar refractivity (Wildman–Crippen MR) is 135 cm³/mol. The number of aliphatic imine (C=N–C) groups is 1. The molecule has 3 rings (SSSR count). The van der Waals surface area contributed by atoms with E-state index in [9.17, 15) is 4.79 Å². The lowest BCUT2D eigenvalue weighted by Crippen LogP contribution is -2.39. The molecule has 0 saturated carbocycles. The fourth-order valence-electron chi connectivity index (χ4n) is 3.25. The highest BCUT2D eigenvalue weighted by atomic mass is 127. The van der Waals surface area contributed by atoms with Gasteiger partial charge in [0.1, 0.15) is 12.3 Å². The zero-order chi connectivity index (χ0) is 21.2. The molecule has 2 aromatic carbocycles. The molecule has 1 amide bonds. The van der Waals surface area contributed by atoms with Crippen LogP contribution in [0.2, 0.25) is 0 Å². The third-order valence-electron chi connectivity index (χ3n) is 4.75. The Kier molecular flexibility index (Phi) is 10.1. The first-order valence-electron chi connectivity index (χ1n) is 10.1. The Morgan fingerprint density at radius 2 is 1.68 bits per heavy atom. The van der Waals surface area contributed by atoms with E-state index in [0.717, 1.165) is 19.5 Å². The second-order valence-electron chi connectivity index (χ2n) is 7.00. The summed E-state index contributed by atoms with van der Waals surface area (Å²) < 4.78 is 5.41. The Hall–Kier alpha value is -2.81. The molecule has 7 heteroatoms. The lowest BCUT2D eigenvalue weighted by atomic mass is 9.92. The van der Waals surface area contributed by atoms with Crippen LogP contribution < -0.4 is 16.4 Å². The number of amides is 1. The Bertz CT molecular complexity index is 958. The molecule has 0 bridgehead atoms. The van der Waals surface area contributed by atoms with Crippen molar-refractivity contribution < 1.29 is 9.21 Å². The van der Waals surface area contributed by atoms with Crippen molar-refractivity contribution in [1.82, 2.24) is 10.6 Å². The zero-order valence-electron chi connectivity index (χ0n) is 17.6. The highest BCUT2D eigenvalue weighted by Gasteiger charge is 2.13. The van der Waals surface area contributed by atoms with Gasteiger partial charge in [-0.3, -0.25) is 4.79 Å². The summed E-state index contributed by atoms with van der Waals surface area (Å²) in [5.74, 6) is 1.14. The first-order valence-corrected chi connectivity index (χ1v) is 10.1. The van der Waals surface area contributed by atoms with Crippen LogP contribution in [0.3, 0.4) is 0 Å². The minimum atomic E-state index is -0.582. The van der Waals surface area contributed by atoms with Crippen LogP contribution in [-0.2, 0) is 13.0 Å². The average Bonchev–Trinajstić information content (AvgIpc) is 3.25. The maximum atomic E-state index is 11.2. The van der Waals surface area contributed by atoms with Crippen molar-refractivity contribution in [2.45, 2.75) is 25.8 Å². The van der Waals surface area contributed by atoms with Crippen molar-refractivity contribution in [3.05, 3.63) is 95.4 Å². The number of nitrogens with zero attached hydrogens (tertiary/aromatic N) is 1. The molecule has 6 nitrogen and oxygen atoms in total. The Labute approximate surface area is 200 Å². The largest absolute Gasteiger partial charge is 0.454 e. The monoisotopic (exact) mass is 532 g/mol. The highest BCUT2D eigenvalue weighted by molar-refractivity contribution is 14.0. The van der Waals surface area contributed by atoms with Gasteiger partial charge in [0.25, 0.3) is 5.91 Å². The van der Waals surface area contributed by atoms with Crippen LogP contribution in [-0.4, -0.2) is 25.0 Å². The second kappa shape index (κ2) is 12.8. The zero-order valence-corrected chi connectivity index (χ0v) is 19.9. The molecule has 0 fully saturated rings. The van der Waals surface area contributed by atoms with Crippen LogP contribution in [0.4, 0.5) is 0 Å². The molecule has 1 atom stereocenters. The normalized spacial score (nSPS) is 12.0. The van der Waals surface area contributed by atoms with Gasteiger partial charge >= 0.3 is 0 Å². The fraction of sp³-hybridized carbons (Fsp3) is 0.250. The van der Waals surface area contributed by atoms with Gasteiger partial charge in [-0.05, 0) is 36.6 Å². The van der Waals surface area contributed by atoms with E-state index in [1.54, 1.807) is 12.1 Å². The van der Waals surface area contributed by atoms with Gasteiger partial charge in [0.2, 0.25) is 0 Å². The first kappa shape index (κ1) is 24.5. The standard InChI is InChI=1S/C24H28N4O2.HI/c1-2-26-24(28-17-21-13-14-22(30-21)23(25)29)27-16-20(19-11-7-4-8-12-19)15-18-9-5-3-6-10-18;/h3-14,20H,2,15-17H2,1H3,(H2,25,29)(H2,26,27,28);1H. The van der Waals surface area contributed by atoms with E-state index in [1.165, 1.54) is 11.1 Å². The van der Waals surface area contributed by atoms with E-state index in [2.05, 4.69) is 64.2 Å². The van der Waals surface area contributed by atoms with Gasteiger partial charge in [-0.1, -0.05) is 60.7 Å². The number of rotatable bonds is 9. The summed E-state index contributed by atoms with van der Waals surface area (Å²) in [6.07, 6.45) is 0.928. The Balaban J connectivity index is 0.00000341. The quantitative estimate of drug-likeness (QED) is 0.220. The lowest BCUT2D eigenvalue weighted by molar-refractivity contribution is 0.0972. The number of primary amides is 1. The van der Waals surface area contributed by atoms with Crippen LogP contribution >= 0.6 is 24.0 Å². The molecular weight excluding hydrogens is 503 g/mol.